The van der Waals surface area contributed by atoms with Crippen molar-refractivity contribution < 1.29 is 0 Å². The minimum atomic E-state index is 0.299. The molecule has 0 unspecified atom stereocenters. The van der Waals surface area contributed by atoms with Crippen molar-refractivity contribution in [3.8, 4) is 17.5 Å². The lowest BCUT2D eigenvalue weighted by atomic mass is 10.2. The number of hydrogen-bond acceptors (Lipinski definition) is 5. The molecule has 0 aliphatic heterocycles. The van der Waals surface area contributed by atoms with Gasteiger partial charge in [-0.3, -0.25) is 0 Å². The zero-order valence-corrected chi connectivity index (χ0v) is 11.1. The lowest BCUT2D eigenvalue weighted by molar-refractivity contribution is 0.851. The molecule has 17 heavy (non-hydrogen) atoms. The first kappa shape index (κ1) is 12.0. The van der Waals surface area contributed by atoms with Gasteiger partial charge in [-0.25, -0.2) is 4.68 Å². The second kappa shape index (κ2) is 5.21. The number of halogens is 1. The average molecular weight is 310 g/mol. The minimum Gasteiger partial charge on any atom is -0.335 e. The van der Waals surface area contributed by atoms with Gasteiger partial charge < -0.3 is 5.84 Å². The van der Waals surface area contributed by atoms with Crippen LogP contribution in [0.4, 0.5) is 0 Å². The van der Waals surface area contributed by atoms with E-state index >= 15 is 0 Å². The number of rotatable bonds is 3. The Hall–Kier alpha value is -1.52. The summed E-state index contributed by atoms with van der Waals surface area (Å²) in [6.45, 7) is 0. The van der Waals surface area contributed by atoms with Gasteiger partial charge in [0, 0.05) is 10.0 Å². The fourth-order valence-corrected chi connectivity index (χ4v) is 2.21. The summed E-state index contributed by atoms with van der Waals surface area (Å²) in [5.74, 6) is 6.75. The molecule has 7 heteroatoms. The first-order chi connectivity index (χ1) is 8.22. The van der Waals surface area contributed by atoms with E-state index in [0.717, 1.165) is 10.0 Å². The predicted molar refractivity (Wildman–Crippen MR) is 69.6 cm³/mol. The standard InChI is InChI=1S/C10H8BrN5S/c11-8-3-1-2-7(6-8)9-14-15-10(16(9)13)17-5-4-12/h1-3,6H,5,13H2. The average Bonchev–Trinajstić information content (AvgIpc) is 2.68. The van der Waals surface area contributed by atoms with Crippen LogP contribution >= 0.6 is 27.7 Å². The van der Waals surface area contributed by atoms with Gasteiger partial charge in [0.05, 0.1) is 11.8 Å². The van der Waals surface area contributed by atoms with E-state index in [4.69, 9.17) is 11.1 Å². The van der Waals surface area contributed by atoms with Crippen LogP contribution < -0.4 is 5.84 Å². The van der Waals surface area contributed by atoms with E-state index in [1.807, 2.05) is 30.3 Å². The third-order valence-corrected chi connectivity index (χ3v) is 3.32. The van der Waals surface area contributed by atoms with Gasteiger partial charge in [0.15, 0.2) is 5.82 Å². The highest BCUT2D eigenvalue weighted by Gasteiger charge is 2.11. The summed E-state index contributed by atoms with van der Waals surface area (Å²) < 4.78 is 2.34. The monoisotopic (exact) mass is 309 g/mol. The summed E-state index contributed by atoms with van der Waals surface area (Å²) in [6.07, 6.45) is 0. The van der Waals surface area contributed by atoms with Crippen molar-refractivity contribution in [2.75, 3.05) is 11.6 Å². The third-order valence-electron chi connectivity index (χ3n) is 2.01. The molecule has 2 aromatic rings. The molecule has 0 aliphatic carbocycles. The number of aromatic nitrogens is 3. The second-order valence-electron chi connectivity index (χ2n) is 3.13. The summed E-state index contributed by atoms with van der Waals surface area (Å²) in [6, 6.07) is 9.65. The van der Waals surface area contributed by atoms with Crippen LogP contribution in [0.5, 0.6) is 0 Å². The largest absolute Gasteiger partial charge is 0.335 e. The quantitative estimate of drug-likeness (QED) is 0.693. The van der Waals surface area contributed by atoms with Crippen LogP contribution in [0.25, 0.3) is 11.4 Å². The Labute approximate surface area is 111 Å². The molecule has 0 atom stereocenters. The van der Waals surface area contributed by atoms with Crippen LogP contribution in [-0.4, -0.2) is 20.6 Å². The van der Waals surface area contributed by atoms with Gasteiger partial charge in [-0.15, -0.1) is 10.2 Å². The van der Waals surface area contributed by atoms with E-state index in [1.54, 1.807) is 0 Å². The number of benzene rings is 1. The van der Waals surface area contributed by atoms with Gasteiger partial charge >= 0.3 is 0 Å². The van der Waals surface area contributed by atoms with E-state index in [1.165, 1.54) is 16.4 Å². The Balaban J connectivity index is 2.34. The molecule has 0 saturated heterocycles. The highest BCUT2D eigenvalue weighted by molar-refractivity contribution is 9.10. The van der Waals surface area contributed by atoms with Crippen molar-refractivity contribution in [3.63, 3.8) is 0 Å². The maximum absolute atomic E-state index is 8.50. The van der Waals surface area contributed by atoms with Crippen LogP contribution in [0.1, 0.15) is 0 Å². The maximum Gasteiger partial charge on any atom is 0.211 e. The molecule has 0 bridgehead atoms. The Morgan fingerprint density at radius 2 is 2.29 bits per heavy atom. The molecular weight excluding hydrogens is 302 g/mol. The van der Waals surface area contributed by atoms with E-state index in [2.05, 4.69) is 26.1 Å². The van der Waals surface area contributed by atoms with E-state index in [0.29, 0.717) is 16.7 Å². The minimum absolute atomic E-state index is 0.299. The van der Waals surface area contributed by atoms with Gasteiger partial charge in [-0.2, -0.15) is 5.26 Å². The molecule has 2 N–H and O–H groups in total. The van der Waals surface area contributed by atoms with E-state index < -0.39 is 0 Å². The summed E-state index contributed by atoms with van der Waals surface area (Å²) >= 11 is 4.64. The van der Waals surface area contributed by atoms with Gasteiger partial charge in [-0.1, -0.05) is 39.8 Å². The number of thioether (sulfide) groups is 1. The Bertz CT molecular complexity index is 574. The highest BCUT2D eigenvalue weighted by Crippen LogP contribution is 2.23. The molecule has 0 spiro atoms. The lowest BCUT2D eigenvalue weighted by Crippen LogP contribution is -2.11. The van der Waals surface area contributed by atoms with Crippen LogP contribution in [0.2, 0.25) is 0 Å². The van der Waals surface area contributed by atoms with Crippen molar-refractivity contribution >= 4 is 27.7 Å². The Kier molecular flexibility index (Phi) is 3.66. The topological polar surface area (TPSA) is 80.5 Å². The Morgan fingerprint density at radius 3 is 3.00 bits per heavy atom. The molecule has 1 aromatic carbocycles. The van der Waals surface area contributed by atoms with E-state index in [9.17, 15) is 0 Å². The van der Waals surface area contributed by atoms with Crippen molar-refractivity contribution in [1.29, 1.82) is 5.26 Å². The maximum atomic E-state index is 8.50. The molecule has 1 aromatic heterocycles. The highest BCUT2D eigenvalue weighted by atomic mass is 79.9. The SMILES string of the molecule is N#CCSc1nnc(-c2cccc(Br)c2)n1N. The molecule has 0 saturated carbocycles. The molecule has 0 fully saturated rings. The molecule has 5 nitrogen and oxygen atoms in total. The molecule has 2 rings (SSSR count). The van der Waals surface area contributed by atoms with Gasteiger partial charge in [0.25, 0.3) is 0 Å². The normalized spacial score (nSPS) is 10.1. The van der Waals surface area contributed by atoms with Crippen LogP contribution in [0.3, 0.4) is 0 Å². The summed E-state index contributed by atoms with van der Waals surface area (Å²) in [5.41, 5.74) is 0.873. The van der Waals surface area contributed by atoms with Crippen LogP contribution in [-0.2, 0) is 0 Å². The van der Waals surface area contributed by atoms with Gasteiger partial charge in [0.1, 0.15) is 0 Å². The summed E-state index contributed by atoms with van der Waals surface area (Å²) in [7, 11) is 0. The zero-order chi connectivity index (χ0) is 12.3. The number of nitrogen functional groups attached to an aromatic ring is 1. The summed E-state index contributed by atoms with van der Waals surface area (Å²) in [4.78, 5) is 0. The fourth-order valence-electron chi connectivity index (χ4n) is 1.30. The first-order valence-corrected chi connectivity index (χ1v) is 6.46. The van der Waals surface area contributed by atoms with Crippen molar-refractivity contribution in [3.05, 3.63) is 28.7 Å². The number of nitriles is 1. The van der Waals surface area contributed by atoms with Crippen molar-refractivity contribution in [2.24, 2.45) is 0 Å². The van der Waals surface area contributed by atoms with Gasteiger partial charge in [-0.05, 0) is 12.1 Å². The number of hydrogen-bond donors (Lipinski definition) is 1. The van der Waals surface area contributed by atoms with E-state index in [-0.39, 0.29) is 0 Å². The van der Waals surface area contributed by atoms with Crippen molar-refractivity contribution in [1.82, 2.24) is 14.9 Å². The predicted octanol–water partition coefficient (Wildman–Crippen LogP) is 2.04. The molecule has 86 valence electrons. The second-order valence-corrected chi connectivity index (χ2v) is 4.99. The number of nitrogens with zero attached hydrogens (tertiary/aromatic N) is 4. The molecule has 1 heterocycles. The first-order valence-electron chi connectivity index (χ1n) is 4.68. The summed E-state index contributed by atoms with van der Waals surface area (Å²) in [5, 5.41) is 17.0. The molecular formula is C10H8BrN5S. The Morgan fingerprint density at radius 1 is 1.47 bits per heavy atom. The lowest BCUT2D eigenvalue weighted by Gasteiger charge is -2.02. The smallest absolute Gasteiger partial charge is 0.211 e. The third kappa shape index (κ3) is 2.60. The molecule has 0 aliphatic rings. The number of nitrogens with two attached hydrogens (primary N) is 1. The van der Waals surface area contributed by atoms with Crippen LogP contribution in [0, 0.1) is 11.3 Å². The fraction of sp³-hybridized carbons (Fsp3) is 0.100. The van der Waals surface area contributed by atoms with Crippen molar-refractivity contribution in [2.45, 2.75) is 5.16 Å². The zero-order valence-electron chi connectivity index (χ0n) is 8.67. The molecule has 0 amide bonds. The molecule has 0 radical (unpaired) electrons. The van der Waals surface area contributed by atoms with Crippen LogP contribution in [0.15, 0.2) is 33.9 Å². The van der Waals surface area contributed by atoms with Gasteiger partial charge in [0.2, 0.25) is 5.16 Å².